The summed E-state index contributed by atoms with van der Waals surface area (Å²) in [6.07, 6.45) is -0.780. The molecule has 1 fully saturated rings. The van der Waals surface area contributed by atoms with E-state index < -0.39 is 24.5 Å². The number of nitrogens with zero attached hydrogens (tertiary/aromatic N) is 4. The predicted molar refractivity (Wildman–Crippen MR) is 160 cm³/mol. The molecule has 0 spiro atoms. The predicted octanol–water partition coefficient (Wildman–Crippen LogP) is 2.49. The number of carbonyl (C=O) groups is 2. The van der Waals surface area contributed by atoms with E-state index in [0.717, 1.165) is 11.1 Å². The van der Waals surface area contributed by atoms with E-state index in [1.54, 1.807) is 16.7 Å². The van der Waals surface area contributed by atoms with Gasteiger partial charge in [-0.1, -0.05) is 29.8 Å². The van der Waals surface area contributed by atoms with Crippen LogP contribution in [0.3, 0.4) is 0 Å². The summed E-state index contributed by atoms with van der Waals surface area (Å²) >= 11 is 1.52. The summed E-state index contributed by atoms with van der Waals surface area (Å²) < 4.78 is 7.61. The first kappa shape index (κ1) is 29.5. The minimum atomic E-state index is -1.17. The van der Waals surface area contributed by atoms with Gasteiger partial charge in [-0.25, -0.2) is 15.0 Å². The Kier molecular flexibility index (Phi) is 9.32. The molecule has 1 aliphatic rings. The molecule has 5 N–H and O–H groups in total. The molecule has 4 atom stereocenters. The maximum absolute atomic E-state index is 12.5. The van der Waals surface area contributed by atoms with Gasteiger partial charge in [-0.2, -0.15) is 11.8 Å². The summed E-state index contributed by atoms with van der Waals surface area (Å²) in [5.41, 5.74) is 4.29. The summed E-state index contributed by atoms with van der Waals surface area (Å²) in [7, 11) is 0. The van der Waals surface area contributed by atoms with Crippen molar-refractivity contribution in [1.29, 1.82) is 0 Å². The number of rotatable bonds is 11. The van der Waals surface area contributed by atoms with E-state index in [0.29, 0.717) is 52.8 Å². The lowest BCUT2D eigenvalue weighted by atomic mass is 10.1. The number of nitrogens with one attached hydrogen (secondary N) is 3. The maximum atomic E-state index is 12.5. The smallest absolute Gasteiger partial charge is 0.255 e. The van der Waals surface area contributed by atoms with Crippen molar-refractivity contribution in [2.24, 2.45) is 0 Å². The van der Waals surface area contributed by atoms with Crippen LogP contribution in [0, 0.1) is 6.92 Å². The summed E-state index contributed by atoms with van der Waals surface area (Å²) in [4.78, 5) is 36.6. The van der Waals surface area contributed by atoms with E-state index in [2.05, 4.69) is 30.9 Å². The van der Waals surface area contributed by atoms with Crippen molar-refractivity contribution in [2.45, 2.75) is 44.9 Å². The molecular formula is C29H33N7O5S. The molecule has 0 radical (unpaired) electrons. The van der Waals surface area contributed by atoms with E-state index >= 15 is 0 Å². The van der Waals surface area contributed by atoms with Gasteiger partial charge in [-0.3, -0.25) is 14.2 Å². The van der Waals surface area contributed by atoms with Crippen LogP contribution in [0.1, 0.15) is 34.6 Å². The minimum absolute atomic E-state index is 0.0939. The number of ether oxygens (including phenoxy) is 1. The first-order chi connectivity index (χ1) is 20.3. The van der Waals surface area contributed by atoms with Crippen LogP contribution in [0.5, 0.6) is 0 Å². The number of amides is 2. The number of imidazole rings is 1. The van der Waals surface area contributed by atoms with Gasteiger partial charge in [0.25, 0.3) is 5.91 Å². The van der Waals surface area contributed by atoms with Gasteiger partial charge >= 0.3 is 0 Å². The molecule has 1 aliphatic heterocycles. The summed E-state index contributed by atoms with van der Waals surface area (Å²) in [5.74, 6) is 1.36. The van der Waals surface area contributed by atoms with Crippen molar-refractivity contribution < 1.29 is 24.5 Å². The SMILES string of the molecule is CC(=O)NCCSC[C@H]1O[C@@H](n2cnc3c(NCc4ccc(NC(=O)c5ccc(C)cc5)cc4)ncnc32)[C@H](O)[C@@H]1O. The Bertz CT molecular complexity index is 1530. The van der Waals surface area contributed by atoms with Gasteiger partial charge in [0.15, 0.2) is 23.2 Å². The third kappa shape index (κ3) is 6.87. The highest BCUT2D eigenvalue weighted by Gasteiger charge is 2.44. The van der Waals surface area contributed by atoms with Crippen molar-refractivity contribution in [2.75, 3.05) is 28.7 Å². The fourth-order valence-electron chi connectivity index (χ4n) is 4.56. The van der Waals surface area contributed by atoms with Crippen molar-refractivity contribution in [3.63, 3.8) is 0 Å². The second-order valence-corrected chi connectivity index (χ2v) is 11.2. The highest BCUT2D eigenvalue weighted by atomic mass is 32.2. The highest BCUT2D eigenvalue weighted by molar-refractivity contribution is 7.99. The molecule has 0 unspecified atom stereocenters. The van der Waals surface area contributed by atoms with Crippen LogP contribution in [0.15, 0.2) is 61.2 Å². The molecular weight excluding hydrogens is 558 g/mol. The van der Waals surface area contributed by atoms with Crippen LogP contribution in [-0.2, 0) is 16.1 Å². The van der Waals surface area contributed by atoms with Crippen LogP contribution in [0.4, 0.5) is 11.5 Å². The molecule has 2 aromatic carbocycles. The summed E-state index contributed by atoms with van der Waals surface area (Å²) in [6.45, 7) is 4.40. The molecule has 3 heterocycles. The molecule has 13 heteroatoms. The van der Waals surface area contributed by atoms with Gasteiger partial charge in [0.1, 0.15) is 18.5 Å². The molecule has 2 amide bonds. The molecule has 4 aromatic rings. The summed E-state index contributed by atoms with van der Waals surface area (Å²) in [6, 6.07) is 14.9. The van der Waals surface area contributed by atoms with Crippen LogP contribution >= 0.6 is 11.8 Å². The molecule has 12 nitrogen and oxygen atoms in total. The minimum Gasteiger partial charge on any atom is -0.387 e. The van der Waals surface area contributed by atoms with Crippen LogP contribution in [0.25, 0.3) is 11.2 Å². The molecule has 0 bridgehead atoms. The van der Waals surface area contributed by atoms with E-state index in [-0.39, 0.29) is 11.8 Å². The first-order valence-electron chi connectivity index (χ1n) is 13.5. The zero-order valence-electron chi connectivity index (χ0n) is 23.2. The standard InChI is InChI=1S/C29H33N7O5S/c1-17-3-7-20(8-4-17)28(40)35-21-9-5-19(6-10-21)13-31-26-23-27(33-15-32-26)36(16-34-23)29-25(39)24(38)22(41-29)14-42-12-11-30-18(2)37/h3-10,15-16,22,24-25,29,38-39H,11-14H2,1-2H3,(H,30,37)(H,35,40)(H,31,32,33)/t22-,24-,25-,29-/m1/s1. The Morgan fingerprint density at radius 1 is 1.02 bits per heavy atom. The number of benzene rings is 2. The Hall–Kier alpha value is -4.04. The van der Waals surface area contributed by atoms with E-state index in [9.17, 15) is 19.8 Å². The number of aromatic nitrogens is 4. The average Bonchev–Trinajstić information content (AvgIpc) is 3.53. The molecule has 42 heavy (non-hydrogen) atoms. The molecule has 0 aliphatic carbocycles. The molecule has 0 saturated carbocycles. The van der Waals surface area contributed by atoms with Crippen LogP contribution in [0.2, 0.25) is 0 Å². The monoisotopic (exact) mass is 591 g/mol. The number of hydrogen-bond acceptors (Lipinski definition) is 10. The Labute approximate surface area is 246 Å². The molecule has 2 aromatic heterocycles. The van der Waals surface area contributed by atoms with Crippen LogP contribution in [-0.4, -0.2) is 77.9 Å². The van der Waals surface area contributed by atoms with Gasteiger partial charge in [-0.05, 0) is 36.8 Å². The Morgan fingerprint density at radius 3 is 2.52 bits per heavy atom. The lowest BCUT2D eigenvalue weighted by molar-refractivity contribution is -0.118. The van der Waals surface area contributed by atoms with Gasteiger partial charge in [-0.15, -0.1) is 0 Å². The van der Waals surface area contributed by atoms with Crippen molar-refractivity contribution >= 4 is 46.2 Å². The van der Waals surface area contributed by atoms with E-state index in [4.69, 9.17) is 4.74 Å². The topological polar surface area (TPSA) is 164 Å². The van der Waals surface area contributed by atoms with Crippen LogP contribution < -0.4 is 16.0 Å². The lowest BCUT2D eigenvalue weighted by Gasteiger charge is -2.16. The second-order valence-electron chi connectivity index (χ2n) is 10.0. The first-order valence-corrected chi connectivity index (χ1v) is 14.7. The zero-order valence-corrected chi connectivity index (χ0v) is 24.0. The van der Waals surface area contributed by atoms with Crippen molar-refractivity contribution in [1.82, 2.24) is 24.8 Å². The number of aryl methyl sites for hydroxylation is 1. The normalized spacial score (nSPS) is 20.0. The largest absolute Gasteiger partial charge is 0.387 e. The number of hydrogen-bond donors (Lipinski definition) is 5. The second kappa shape index (κ2) is 13.3. The number of aliphatic hydroxyl groups excluding tert-OH is 2. The van der Waals surface area contributed by atoms with Gasteiger partial charge in [0, 0.05) is 42.8 Å². The molecule has 1 saturated heterocycles. The van der Waals surface area contributed by atoms with E-state index in [1.807, 2.05) is 43.3 Å². The average molecular weight is 592 g/mol. The number of carbonyl (C=O) groups excluding carboxylic acids is 2. The molecule has 220 valence electrons. The summed E-state index contributed by atoms with van der Waals surface area (Å²) in [5, 5.41) is 30.2. The maximum Gasteiger partial charge on any atom is 0.255 e. The third-order valence-corrected chi connectivity index (χ3v) is 7.92. The Morgan fingerprint density at radius 2 is 1.79 bits per heavy atom. The number of fused-ring (bicyclic) bond motifs is 1. The lowest BCUT2D eigenvalue weighted by Crippen LogP contribution is -2.33. The Balaban J connectivity index is 1.19. The number of thioether (sulfide) groups is 1. The number of anilines is 2. The fourth-order valence-corrected chi connectivity index (χ4v) is 5.48. The van der Waals surface area contributed by atoms with Crippen molar-refractivity contribution in [3.8, 4) is 0 Å². The fraction of sp³-hybridized carbons (Fsp3) is 0.345. The zero-order chi connectivity index (χ0) is 29.6. The van der Waals surface area contributed by atoms with Gasteiger partial charge in [0.05, 0.1) is 12.4 Å². The quantitative estimate of drug-likeness (QED) is 0.164. The number of aliphatic hydroxyl groups is 2. The third-order valence-electron chi connectivity index (χ3n) is 6.86. The van der Waals surface area contributed by atoms with E-state index in [1.165, 1.54) is 31.3 Å². The van der Waals surface area contributed by atoms with Gasteiger partial charge in [0.2, 0.25) is 5.91 Å². The van der Waals surface area contributed by atoms with Crippen molar-refractivity contribution in [3.05, 3.63) is 77.9 Å². The molecule has 5 rings (SSSR count). The highest BCUT2D eigenvalue weighted by Crippen LogP contribution is 2.33. The van der Waals surface area contributed by atoms with Gasteiger partial charge < -0.3 is 30.9 Å².